The van der Waals surface area contributed by atoms with Crippen molar-refractivity contribution in [2.45, 2.75) is 13.5 Å². The van der Waals surface area contributed by atoms with Crippen molar-refractivity contribution in [2.24, 2.45) is 5.73 Å². The molecule has 7 nitrogen and oxygen atoms in total. The van der Waals surface area contributed by atoms with Gasteiger partial charge in [-0.25, -0.2) is 0 Å². The van der Waals surface area contributed by atoms with Gasteiger partial charge in [0.15, 0.2) is 0 Å². The highest BCUT2D eigenvalue weighted by Gasteiger charge is 2.10. The summed E-state index contributed by atoms with van der Waals surface area (Å²) < 4.78 is 5.77. The second-order valence-electron chi connectivity index (χ2n) is 7.46. The monoisotopic (exact) mass is 438 g/mol. The van der Waals surface area contributed by atoms with Crippen molar-refractivity contribution in [2.75, 3.05) is 5.32 Å². The first-order chi connectivity index (χ1) is 16.0. The predicted octanol–water partition coefficient (Wildman–Crippen LogP) is 4.38. The van der Waals surface area contributed by atoms with Gasteiger partial charge >= 0.3 is 0 Å². The van der Waals surface area contributed by atoms with E-state index in [-0.39, 0.29) is 18.1 Å². The van der Waals surface area contributed by atoms with E-state index in [1.165, 1.54) is 12.4 Å². The number of carbonyl (C=O) groups is 2. The number of aromatic nitrogens is 2. The van der Waals surface area contributed by atoms with E-state index >= 15 is 0 Å². The van der Waals surface area contributed by atoms with E-state index in [0.717, 1.165) is 22.3 Å². The van der Waals surface area contributed by atoms with Gasteiger partial charge in [0.25, 0.3) is 5.91 Å². The molecule has 2 heterocycles. The summed E-state index contributed by atoms with van der Waals surface area (Å²) in [6, 6.07) is 20.5. The normalized spacial score (nSPS) is 10.5. The highest BCUT2D eigenvalue weighted by molar-refractivity contribution is 6.03. The van der Waals surface area contributed by atoms with Gasteiger partial charge in [0.2, 0.25) is 5.91 Å². The topological polar surface area (TPSA) is 107 Å². The predicted molar refractivity (Wildman–Crippen MR) is 126 cm³/mol. The highest BCUT2D eigenvalue weighted by Crippen LogP contribution is 2.21. The summed E-state index contributed by atoms with van der Waals surface area (Å²) in [5.74, 6) is -0.439. The van der Waals surface area contributed by atoms with Gasteiger partial charge in [-0.3, -0.25) is 19.6 Å². The molecule has 0 radical (unpaired) electrons. The number of hydrogen-bond donors (Lipinski definition) is 2. The van der Waals surface area contributed by atoms with Crippen LogP contribution in [-0.2, 0) is 6.61 Å². The van der Waals surface area contributed by atoms with Crippen LogP contribution in [-0.4, -0.2) is 21.8 Å². The number of anilines is 1. The minimum Gasteiger partial charge on any atom is -0.487 e. The van der Waals surface area contributed by atoms with E-state index in [0.29, 0.717) is 17.1 Å². The molecule has 0 fully saturated rings. The molecule has 0 aliphatic rings. The van der Waals surface area contributed by atoms with Gasteiger partial charge in [-0.1, -0.05) is 42.5 Å². The zero-order valence-electron chi connectivity index (χ0n) is 18.0. The molecule has 2 aromatic carbocycles. The van der Waals surface area contributed by atoms with Crippen LogP contribution in [0.15, 0.2) is 85.3 Å². The number of benzene rings is 2. The third-order valence-electron chi connectivity index (χ3n) is 5.10. The van der Waals surface area contributed by atoms with E-state index in [2.05, 4.69) is 15.3 Å². The maximum atomic E-state index is 12.7. The highest BCUT2D eigenvalue weighted by atomic mass is 16.5. The lowest BCUT2D eigenvalue weighted by atomic mass is 10.1. The summed E-state index contributed by atoms with van der Waals surface area (Å²) >= 11 is 0. The van der Waals surface area contributed by atoms with Gasteiger partial charge in [0, 0.05) is 23.6 Å². The van der Waals surface area contributed by atoms with Crippen molar-refractivity contribution < 1.29 is 14.3 Å². The van der Waals surface area contributed by atoms with Crippen LogP contribution in [0.5, 0.6) is 5.75 Å². The van der Waals surface area contributed by atoms with Crippen molar-refractivity contribution in [3.05, 3.63) is 108 Å². The van der Waals surface area contributed by atoms with Crippen molar-refractivity contribution in [3.8, 4) is 16.9 Å². The number of primary amides is 1. The Bertz CT molecular complexity index is 1290. The average Bonchev–Trinajstić information content (AvgIpc) is 2.85. The molecule has 0 aliphatic heterocycles. The number of nitrogens with two attached hydrogens (primary N) is 1. The average molecular weight is 438 g/mol. The van der Waals surface area contributed by atoms with E-state index in [9.17, 15) is 9.59 Å². The molecule has 0 spiro atoms. The molecule has 0 unspecified atom stereocenters. The largest absolute Gasteiger partial charge is 0.487 e. The molecule has 33 heavy (non-hydrogen) atoms. The summed E-state index contributed by atoms with van der Waals surface area (Å²) in [4.78, 5) is 32.3. The van der Waals surface area contributed by atoms with Gasteiger partial charge in [-0.05, 0) is 47.9 Å². The smallest absolute Gasteiger partial charge is 0.274 e. The molecule has 3 N–H and O–H groups in total. The quantitative estimate of drug-likeness (QED) is 0.445. The Kier molecular flexibility index (Phi) is 6.40. The number of nitrogens with zero attached hydrogens (tertiary/aromatic N) is 2. The van der Waals surface area contributed by atoms with E-state index in [1.54, 1.807) is 18.3 Å². The van der Waals surface area contributed by atoms with Crippen LogP contribution in [0.25, 0.3) is 11.1 Å². The second-order valence-corrected chi connectivity index (χ2v) is 7.46. The molecular weight excluding hydrogens is 416 g/mol. The fraction of sp³-hybridized carbons (Fsp3) is 0.0769. The number of ether oxygens (including phenoxy) is 1. The number of hydrogen-bond acceptors (Lipinski definition) is 5. The Morgan fingerprint density at radius 2 is 1.76 bits per heavy atom. The van der Waals surface area contributed by atoms with Crippen molar-refractivity contribution in [3.63, 3.8) is 0 Å². The van der Waals surface area contributed by atoms with Gasteiger partial charge in [-0.2, -0.15) is 0 Å². The molecule has 0 atom stereocenters. The molecular formula is C26H22N4O3. The first-order valence-electron chi connectivity index (χ1n) is 10.3. The number of rotatable bonds is 7. The molecule has 4 rings (SSSR count). The number of pyridine rings is 2. The summed E-state index contributed by atoms with van der Waals surface area (Å²) in [6.45, 7) is 2.19. The zero-order chi connectivity index (χ0) is 23.2. The van der Waals surface area contributed by atoms with Crippen LogP contribution >= 0.6 is 0 Å². The third-order valence-corrected chi connectivity index (χ3v) is 5.10. The van der Waals surface area contributed by atoms with Crippen molar-refractivity contribution in [1.29, 1.82) is 0 Å². The fourth-order valence-corrected chi connectivity index (χ4v) is 3.22. The maximum Gasteiger partial charge on any atom is 0.274 e. The molecule has 0 saturated carbocycles. The van der Waals surface area contributed by atoms with Crippen LogP contribution in [0.3, 0.4) is 0 Å². The zero-order valence-corrected chi connectivity index (χ0v) is 18.0. The lowest BCUT2D eigenvalue weighted by Gasteiger charge is -2.12. The lowest BCUT2D eigenvalue weighted by Crippen LogP contribution is -2.14. The summed E-state index contributed by atoms with van der Waals surface area (Å²) in [6.07, 6.45) is 4.59. The molecule has 7 heteroatoms. The molecule has 4 aromatic rings. The first kappa shape index (κ1) is 21.7. The summed E-state index contributed by atoms with van der Waals surface area (Å²) in [5, 5.41) is 2.88. The van der Waals surface area contributed by atoms with Gasteiger partial charge in [0.1, 0.15) is 18.1 Å². The Balaban J connectivity index is 1.43. The fourth-order valence-electron chi connectivity index (χ4n) is 3.22. The Morgan fingerprint density at radius 1 is 0.939 bits per heavy atom. The van der Waals surface area contributed by atoms with Gasteiger partial charge < -0.3 is 15.8 Å². The summed E-state index contributed by atoms with van der Waals surface area (Å²) in [5.41, 5.74) is 10.4. The van der Waals surface area contributed by atoms with Crippen LogP contribution in [0, 0.1) is 6.92 Å². The van der Waals surface area contributed by atoms with E-state index < -0.39 is 5.91 Å². The molecule has 0 aliphatic carbocycles. The molecule has 2 aromatic heterocycles. The van der Waals surface area contributed by atoms with Crippen LogP contribution < -0.4 is 15.8 Å². The third kappa shape index (κ3) is 5.40. The summed E-state index contributed by atoms with van der Waals surface area (Å²) in [7, 11) is 0. The van der Waals surface area contributed by atoms with Crippen LogP contribution in [0.2, 0.25) is 0 Å². The molecule has 164 valence electrons. The van der Waals surface area contributed by atoms with Crippen molar-refractivity contribution in [1.82, 2.24) is 9.97 Å². The van der Waals surface area contributed by atoms with Crippen LogP contribution in [0.4, 0.5) is 5.69 Å². The SMILES string of the molecule is Cc1ccc(NC(=O)c2ccc(-c3ccccc3)cn2)cc1COc1cncc(C(N)=O)c1. The molecule has 0 bridgehead atoms. The Labute approximate surface area is 191 Å². The van der Waals surface area contributed by atoms with Gasteiger partial charge in [-0.15, -0.1) is 0 Å². The first-order valence-corrected chi connectivity index (χ1v) is 10.3. The standard InChI is InChI=1S/C26H22N4O3/c1-17-7-9-22(11-21(17)16-33-23-12-20(25(27)31)13-28-15-23)30-26(32)24-10-8-19(14-29-24)18-5-3-2-4-6-18/h2-15H,16H2,1H3,(H2,27,31)(H,30,32). The lowest BCUT2D eigenvalue weighted by molar-refractivity contribution is 0.0996. The minimum absolute atomic E-state index is 0.240. The number of nitrogens with one attached hydrogen (secondary N) is 1. The minimum atomic E-state index is -0.570. The van der Waals surface area contributed by atoms with E-state index in [4.69, 9.17) is 10.5 Å². The van der Waals surface area contributed by atoms with Crippen LogP contribution in [0.1, 0.15) is 32.0 Å². The Hall–Kier alpha value is -4.52. The van der Waals surface area contributed by atoms with Crippen molar-refractivity contribution >= 4 is 17.5 Å². The number of amides is 2. The second kappa shape index (κ2) is 9.74. The Morgan fingerprint density at radius 3 is 2.48 bits per heavy atom. The molecule has 2 amide bonds. The molecule has 0 saturated heterocycles. The van der Waals surface area contributed by atoms with E-state index in [1.807, 2.05) is 61.5 Å². The maximum absolute atomic E-state index is 12.7. The van der Waals surface area contributed by atoms with Gasteiger partial charge in [0.05, 0.1) is 11.8 Å². The number of aryl methyl sites for hydroxylation is 1. The number of carbonyl (C=O) groups excluding carboxylic acids is 2.